The topological polar surface area (TPSA) is 95.8 Å². The van der Waals surface area contributed by atoms with E-state index in [-0.39, 0.29) is 23.9 Å². The molecule has 8 heteroatoms. The minimum absolute atomic E-state index is 0.00697. The molecule has 2 aliphatic rings. The highest BCUT2D eigenvalue weighted by Crippen LogP contribution is 2.25. The Labute approximate surface area is 225 Å². The number of pyridine rings is 1. The number of hydrogen-bond donors (Lipinski definition) is 3. The van der Waals surface area contributed by atoms with Gasteiger partial charge < -0.3 is 30.9 Å². The highest BCUT2D eigenvalue weighted by Gasteiger charge is 2.30. The fourth-order valence-corrected chi connectivity index (χ4v) is 5.26. The number of amides is 1. The third kappa shape index (κ3) is 6.62. The summed E-state index contributed by atoms with van der Waals surface area (Å²) in [5.41, 5.74) is 9.87. The van der Waals surface area contributed by atoms with E-state index >= 15 is 0 Å². The summed E-state index contributed by atoms with van der Waals surface area (Å²) >= 11 is 0. The van der Waals surface area contributed by atoms with Gasteiger partial charge in [0.15, 0.2) is 0 Å². The quantitative estimate of drug-likeness (QED) is 0.410. The number of benzene rings is 2. The predicted molar refractivity (Wildman–Crippen MR) is 153 cm³/mol. The van der Waals surface area contributed by atoms with Crippen LogP contribution in [0.4, 0.5) is 23.0 Å². The van der Waals surface area contributed by atoms with Gasteiger partial charge in [-0.2, -0.15) is 0 Å². The molecule has 5 rings (SSSR count). The van der Waals surface area contributed by atoms with Crippen LogP contribution in [0.25, 0.3) is 0 Å². The molecule has 0 bridgehead atoms. The third-order valence-corrected chi connectivity index (χ3v) is 7.47. The molecule has 1 aliphatic heterocycles. The Morgan fingerprint density at radius 2 is 1.79 bits per heavy atom. The van der Waals surface area contributed by atoms with Crippen molar-refractivity contribution in [3.05, 3.63) is 77.9 Å². The molecule has 1 aromatic heterocycles. The van der Waals surface area contributed by atoms with Crippen molar-refractivity contribution >= 4 is 28.9 Å². The van der Waals surface area contributed by atoms with Crippen molar-refractivity contribution in [1.29, 1.82) is 0 Å². The molecular formula is C30H38N6O2. The average Bonchev–Trinajstić information content (AvgIpc) is 3.25. The van der Waals surface area contributed by atoms with Crippen LogP contribution in [0.2, 0.25) is 0 Å². The van der Waals surface area contributed by atoms with E-state index in [1.165, 1.54) is 12.1 Å². The first-order valence-corrected chi connectivity index (χ1v) is 13.6. The molecule has 8 nitrogen and oxygen atoms in total. The van der Waals surface area contributed by atoms with Gasteiger partial charge in [-0.15, -0.1) is 0 Å². The second-order valence-corrected chi connectivity index (χ2v) is 10.3. The number of likely N-dealkylation sites (N-methyl/N-ethyl adjacent to an activating group) is 1. The molecule has 2 atom stereocenters. The molecule has 1 saturated carbocycles. The van der Waals surface area contributed by atoms with E-state index in [9.17, 15) is 4.79 Å². The van der Waals surface area contributed by atoms with E-state index in [0.717, 1.165) is 56.7 Å². The summed E-state index contributed by atoms with van der Waals surface area (Å²) in [6, 6.07) is 22.0. The normalized spacial score (nSPS) is 20.2. The largest absolute Gasteiger partial charge is 0.383 e. The van der Waals surface area contributed by atoms with Crippen LogP contribution in [0, 0.1) is 0 Å². The molecule has 0 unspecified atom stereocenters. The van der Waals surface area contributed by atoms with Crippen LogP contribution in [0.1, 0.15) is 41.6 Å². The second-order valence-electron chi connectivity index (χ2n) is 10.3. The molecule has 200 valence electrons. The number of aromatic nitrogens is 1. The minimum Gasteiger partial charge on any atom is -0.383 e. The lowest BCUT2D eigenvalue weighted by Gasteiger charge is -2.23. The van der Waals surface area contributed by atoms with Gasteiger partial charge in [-0.3, -0.25) is 4.79 Å². The van der Waals surface area contributed by atoms with Crippen LogP contribution in [-0.2, 0) is 11.3 Å². The van der Waals surface area contributed by atoms with Gasteiger partial charge >= 0.3 is 0 Å². The lowest BCUT2D eigenvalue weighted by molar-refractivity contribution is 0.0272. The van der Waals surface area contributed by atoms with Crippen LogP contribution in [0.5, 0.6) is 0 Å². The highest BCUT2D eigenvalue weighted by atomic mass is 16.5. The lowest BCUT2D eigenvalue weighted by Crippen LogP contribution is -2.41. The van der Waals surface area contributed by atoms with Gasteiger partial charge in [0.2, 0.25) is 0 Å². The maximum Gasteiger partial charge on any atom is 0.255 e. The van der Waals surface area contributed by atoms with Crippen LogP contribution in [0.3, 0.4) is 0 Å². The summed E-state index contributed by atoms with van der Waals surface area (Å²) in [5.74, 6) is 0.597. The summed E-state index contributed by atoms with van der Waals surface area (Å²) < 4.78 is 6.14. The molecule has 2 aromatic carbocycles. The molecule has 1 amide bonds. The van der Waals surface area contributed by atoms with E-state index in [4.69, 9.17) is 10.5 Å². The number of carbonyl (C=O) groups excluding carboxylic acids is 1. The van der Waals surface area contributed by atoms with Crippen molar-refractivity contribution in [2.75, 3.05) is 49.2 Å². The molecule has 0 spiro atoms. The predicted octanol–water partition coefficient (Wildman–Crippen LogP) is 4.42. The van der Waals surface area contributed by atoms with Gasteiger partial charge in [-0.25, -0.2) is 4.98 Å². The summed E-state index contributed by atoms with van der Waals surface area (Å²) in [7, 11) is 2.18. The zero-order chi connectivity index (χ0) is 26.3. The van der Waals surface area contributed by atoms with Gasteiger partial charge in [-0.05, 0) is 81.2 Å². The number of nitrogens with zero attached hydrogens (tertiary/aromatic N) is 3. The van der Waals surface area contributed by atoms with Crippen molar-refractivity contribution in [2.45, 2.75) is 44.4 Å². The van der Waals surface area contributed by atoms with Gasteiger partial charge in [0.05, 0.1) is 24.3 Å². The van der Waals surface area contributed by atoms with E-state index in [2.05, 4.69) is 56.7 Å². The smallest absolute Gasteiger partial charge is 0.255 e. The van der Waals surface area contributed by atoms with Gasteiger partial charge in [0.1, 0.15) is 11.6 Å². The lowest BCUT2D eigenvalue weighted by atomic mass is 10.1. The van der Waals surface area contributed by atoms with Gasteiger partial charge in [0.25, 0.3) is 5.91 Å². The Morgan fingerprint density at radius 3 is 2.58 bits per heavy atom. The number of anilines is 4. The van der Waals surface area contributed by atoms with Gasteiger partial charge in [-0.1, -0.05) is 30.3 Å². The number of hydrogen-bond acceptors (Lipinski definition) is 7. The zero-order valence-electron chi connectivity index (χ0n) is 22.1. The van der Waals surface area contributed by atoms with Crippen molar-refractivity contribution in [1.82, 2.24) is 15.2 Å². The summed E-state index contributed by atoms with van der Waals surface area (Å²) in [6.07, 6.45) is 4.01. The van der Waals surface area contributed by atoms with Crippen molar-refractivity contribution in [2.24, 2.45) is 0 Å². The number of nitrogens with one attached hydrogen (secondary N) is 2. The van der Waals surface area contributed by atoms with E-state index in [1.807, 2.05) is 30.3 Å². The minimum atomic E-state index is -0.214. The Hall–Kier alpha value is -3.62. The summed E-state index contributed by atoms with van der Waals surface area (Å²) in [5, 5.41) is 6.43. The Morgan fingerprint density at radius 1 is 0.974 bits per heavy atom. The SMILES string of the molecule is CN1CCCN(c2ccc(Nc3ccc(C(=O)N[C@H]4CCC[C@@H]4OCc4ccccc4)c(N)n3)cc2)CC1. The molecule has 38 heavy (non-hydrogen) atoms. The molecule has 2 fully saturated rings. The van der Waals surface area contributed by atoms with Crippen LogP contribution in [-0.4, -0.2) is 61.2 Å². The van der Waals surface area contributed by atoms with E-state index < -0.39 is 0 Å². The standard InChI is InChI=1S/C30H38N6O2/c1-35-17-6-18-36(20-19-35)24-13-11-23(12-14-24)32-28-16-15-25(29(31)34-28)30(37)33-26-9-5-10-27(26)38-21-22-7-3-2-4-8-22/h2-4,7-8,11-16,26-27H,5-6,9-10,17-21H2,1H3,(H,33,37)(H3,31,32,34)/t26-,27-/m0/s1. The number of nitrogen functional groups attached to an aromatic ring is 1. The molecule has 3 aromatic rings. The number of ether oxygens (including phenoxy) is 1. The maximum absolute atomic E-state index is 13.0. The summed E-state index contributed by atoms with van der Waals surface area (Å²) in [6.45, 7) is 4.86. The summed E-state index contributed by atoms with van der Waals surface area (Å²) in [4.78, 5) is 22.3. The molecule has 0 radical (unpaired) electrons. The number of rotatable bonds is 8. The molecule has 1 aliphatic carbocycles. The Bertz CT molecular complexity index is 1200. The second kappa shape index (κ2) is 12.3. The van der Waals surface area contributed by atoms with Crippen LogP contribution >= 0.6 is 0 Å². The average molecular weight is 515 g/mol. The Balaban J connectivity index is 1.16. The molecular weight excluding hydrogens is 476 g/mol. The van der Waals surface area contributed by atoms with Crippen molar-refractivity contribution < 1.29 is 9.53 Å². The first kappa shape index (κ1) is 26.0. The first-order valence-electron chi connectivity index (χ1n) is 13.6. The first-order chi connectivity index (χ1) is 18.5. The molecule has 1 saturated heterocycles. The van der Waals surface area contributed by atoms with Crippen LogP contribution in [0.15, 0.2) is 66.7 Å². The molecule has 2 heterocycles. The zero-order valence-corrected chi connectivity index (χ0v) is 22.1. The number of carbonyl (C=O) groups is 1. The van der Waals surface area contributed by atoms with Crippen molar-refractivity contribution in [3.8, 4) is 0 Å². The fraction of sp³-hybridized carbons (Fsp3) is 0.400. The van der Waals surface area contributed by atoms with Crippen LogP contribution < -0.4 is 21.3 Å². The maximum atomic E-state index is 13.0. The van der Waals surface area contributed by atoms with E-state index in [0.29, 0.717) is 18.0 Å². The molecule has 4 N–H and O–H groups in total. The number of nitrogens with two attached hydrogens (primary N) is 1. The Kier molecular flexibility index (Phi) is 8.41. The third-order valence-electron chi connectivity index (χ3n) is 7.47. The van der Waals surface area contributed by atoms with Crippen molar-refractivity contribution in [3.63, 3.8) is 0 Å². The highest BCUT2D eigenvalue weighted by molar-refractivity contribution is 5.98. The van der Waals surface area contributed by atoms with E-state index in [1.54, 1.807) is 12.1 Å². The fourth-order valence-electron chi connectivity index (χ4n) is 5.26. The van der Waals surface area contributed by atoms with Gasteiger partial charge in [0, 0.05) is 31.0 Å². The monoisotopic (exact) mass is 514 g/mol.